The summed E-state index contributed by atoms with van der Waals surface area (Å²) in [6, 6.07) is 1.96. The molecule has 10 heteroatoms. The van der Waals surface area contributed by atoms with Crippen LogP contribution in [-0.4, -0.2) is 72.0 Å². The molecule has 3 amide bonds. The number of carbonyl (C=O) groups is 3. The monoisotopic (exact) mass is 436 g/mol. The van der Waals surface area contributed by atoms with Crippen LogP contribution in [0.5, 0.6) is 5.75 Å². The predicted octanol–water partition coefficient (Wildman–Crippen LogP) is 0.654. The van der Waals surface area contributed by atoms with Crippen molar-refractivity contribution in [3.63, 3.8) is 0 Å². The lowest BCUT2D eigenvalue weighted by Crippen LogP contribution is -2.59. The number of halogens is 2. The Morgan fingerprint density at radius 3 is 2.81 bits per heavy atom. The van der Waals surface area contributed by atoms with Crippen LogP contribution in [0.15, 0.2) is 18.2 Å². The van der Waals surface area contributed by atoms with E-state index in [9.17, 15) is 23.2 Å². The Balaban J connectivity index is 1.48. The molecule has 1 aromatic rings. The van der Waals surface area contributed by atoms with Crippen molar-refractivity contribution in [2.75, 3.05) is 26.4 Å². The van der Waals surface area contributed by atoms with Gasteiger partial charge in [0.05, 0.1) is 12.6 Å². The number of carbonyl (C=O) groups excluding carboxylic acids is 3. The summed E-state index contributed by atoms with van der Waals surface area (Å²) in [5.74, 6) is -1.39. The maximum atomic E-state index is 13.5. The molecule has 8 nitrogen and oxygen atoms in total. The van der Waals surface area contributed by atoms with E-state index >= 15 is 0 Å². The van der Waals surface area contributed by atoms with Crippen LogP contribution in [0.2, 0.25) is 0 Å². The molecule has 3 aliphatic heterocycles. The second-order valence-corrected chi connectivity index (χ2v) is 8.24. The van der Waals surface area contributed by atoms with Gasteiger partial charge in [-0.2, -0.15) is 0 Å². The van der Waals surface area contributed by atoms with E-state index in [2.05, 4.69) is 5.32 Å². The van der Waals surface area contributed by atoms with E-state index in [-0.39, 0.29) is 31.1 Å². The van der Waals surface area contributed by atoms with Crippen LogP contribution < -0.4 is 15.8 Å². The van der Waals surface area contributed by atoms with Crippen molar-refractivity contribution >= 4 is 17.7 Å². The van der Waals surface area contributed by atoms with Gasteiger partial charge in [0.2, 0.25) is 11.8 Å². The molecule has 0 radical (unpaired) electrons. The molecular formula is C21H26F2N4O4. The fourth-order valence-electron chi connectivity index (χ4n) is 4.75. The van der Waals surface area contributed by atoms with Gasteiger partial charge in [-0.05, 0) is 25.3 Å². The molecule has 31 heavy (non-hydrogen) atoms. The Kier molecular flexibility index (Phi) is 6.08. The molecule has 2 fully saturated rings. The highest BCUT2D eigenvalue weighted by atomic mass is 19.1. The van der Waals surface area contributed by atoms with Gasteiger partial charge >= 0.3 is 0 Å². The van der Waals surface area contributed by atoms with Gasteiger partial charge < -0.3 is 25.6 Å². The number of nitrogens with zero attached hydrogens (tertiary/aromatic N) is 2. The lowest BCUT2D eigenvalue weighted by atomic mass is 9.99. The first kappa shape index (κ1) is 21.5. The van der Waals surface area contributed by atoms with Crippen molar-refractivity contribution < 1.29 is 27.9 Å². The van der Waals surface area contributed by atoms with Crippen LogP contribution in [0, 0.1) is 5.82 Å². The molecule has 0 bridgehead atoms. The Labute approximate surface area is 178 Å². The quantitative estimate of drug-likeness (QED) is 0.724. The topological polar surface area (TPSA) is 105 Å². The Morgan fingerprint density at radius 2 is 2.03 bits per heavy atom. The predicted molar refractivity (Wildman–Crippen MR) is 106 cm³/mol. The van der Waals surface area contributed by atoms with Crippen molar-refractivity contribution in [1.82, 2.24) is 15.1 Å². The fraction of sp³-hybridized carbons (Fsp3) is 0.571. The van der Waals surface area contributed by atoms with Crippen molar-refractivity contribution in [1.29, 1.82) is 0 Å². The third-order valence-corrected chi connectivity index (χ3v) is 6.32. The molecule has 4 atom stereocenters. The average Bonchev–Trinajstić information content (AvgIpc) is 3.18. The average molecular weight is 436 g/mol. The van der Waals surface area contributed by atoms with Crippen LogP contribution >= 0.6 is 0 Å². The summed E-state index contributed by atoms with van der Waals surface area (Å²) in [5.41, 5.74) is 6.72. The van der Waals surface area contributed by atoms with Gasteiger partial charge in [-0.1, -0.05) is 6.07 Å². The molecule has 0 aliphatic carbocycles. The summed E-state index contributed by atoms with van der Waals surface area (Å²) in [7, 11) is 0. The van der Waals surface area contributed by atoms with Crippen molar-refractivity contribution in [3.05, 3.63) is 29.6 Å². The van der Waals surface area contributed by atoms with Crippen LogP contribution in [0.4, 0.5) is 8.78 Å². The number of ether oxygens (including phenoxy) is 1. The molecule has 3 aliphatic rings. The van der Waals surface area contributed by atoms with Gasteiger partial charge in [0.25, 0.3) is 5.91 Å². The van der Waals surface area contributed by atoms with E-state index < -0.39 is 36.4 Å². The molecular weight excluding hydrogens is 410 g/mol. The Bertz CT molecular complexity index is 883. The number of hydrogen-bond donors (Lipinski definition) is 2. The first-order valence-corrected chi connectivity index (χ1v) is 10.5. The zero-order valence-electron chi connectivity index (χ0n) is 17.1. The smallest absolute Gasteiger partial charge is 0.254 e. The first-order valence-electron chi connectivity index (χ1n) is 10.5. The van der Waals surface area contributed by atoms with Gasteiger partial charge in [-0.15, -0.1) is 0 Å². The molecule has 2 saturated heterocycles. The van der Waals surface area contributed by atoms with Gasteiger partial charge in [0, 0.05) is 37.2 Å². The standard InChI is InChI=1S/C21H26F2N4O4/c22-10-19(28)26-7-5-13-2-4-17(27(13)21(30)15(24)11-26)20(29)25-16-6-8-31-18-9-12(23)1-3-14(16)18/h1,3,9,13,15-17H,2,4-8,10-11,24H2,(H,25,29)/t13-,15+,16-,17+/m1/s1. The van der Waals surface area contributed by atoms with E-state index in [4.69, 9.17) is 10.5 Å². The zero-order chi connectivity index (χ0) is 22.1. The normalized spacial score (nSPS) is 28.2. The lowest BCUT2D eigenvalue weighted by molar-refractivity contribution is -0.145. The minimum absolute atomic E-state index is 0.0714. The number of nitrogens with two attached hydrogens (primary N) is 1. The van der Waals surface area contributed by atoms with Gasteiger partial charge in [-0.25, -0.2) is 8.78 Å². The Morgan fingerprint density at radius 1 is 1.23 bits per heavy atom. The minimum Gasteiger partial charge on any atom is -0.493 e. The summed E-state index contributed by atoms with van der Waals surface area (Å²) in [6.07, 6.45) is 2.08. The number of nitrogens with one attached hydrogen (secondary N) is 1. The number of rotatable bonds is 3. The summed E-state index contributed by atoms with van der Waals surface area (Å²) >= 11 is 0. The highest BCUT2D eigenvalue weighted by Crippen LogP contribution is 2.34. The van der Waals surface area contributed by atoms with E-state index in [0.29, 0.717) is 43.6 Å². The number of alkyl halides is 1. The van der Waals surface area contributed by atoms with Crippen molar-refractivity contribution in [3.8, 4) is 5.75 Å². The molecule has 0 spiro atoms. The number of benzene rings is 1. The van der Waals surface area contributed by atoms with Gasteiger partial charge in [-0.3, -0.25) is 14.4 Å². The largest absolute Gasteiger partial charge is 0.493 e. The highest BCUT2D eigenvalue weighted by molar-refractivity contribution is 5.91. The molecule has 0 saturated carbocycles. The third-order valence-electron chi connectivity index (χ3n) is 6.32. The number of amides is 3. The molecule has 4 rings (SSSR count). The zero-order valence-corrected chi connectivity index (χ0v) is 17.1. The second kappa shape index (κ2) is 8.78. The van der Waals surface area contributed by atoms with Crippen molar-refractivity contribution in [2.45, 2.75) is 49.9 Å². The molecule has 168 valence electrons. The van der Waals surface area contributed by atoms with Crippen molar-refractivity contribution in [2.24, 2.45) is 5.73 Å². The van der Waals surface area contributed by atoms with Crippen LogP contribution in [0.1, 0.15) is 37.3 Å². The fourth-order valence-corrected chi connectivity index (χ4v) is 4.75. The Hall–Kier alpha value is -2.75. The third kappa shape index (κ3) is 4.21. The minimum atomic E-state index is -1.13. The molecule has 3 N–H and O–H groups in total. The van der Waals surface area contributed by atoms with Gasteiger partial charge in [0.1, 0.15) is 23.7 Å². The van der Waals surface area contributed by atoms with E-state index in [1.807, 2.05) is 0 Å². The number of hydrogen-bond acceptors (Lipinski definition) is 5. The van der Waals surface area contributed by atoms with E-state index in [1.54, 1.807) is 11.0 Å². The van der Waals surface area contributed by atoms with Crippen LogP contribution in [0.25, 0.3) is 0 Å². The van der Waals surface area contributed by atoms with E-state index in [1.165, 1.54) is 17.0 Å². The first-order chi connectivity index (χ1) is 14.9. The summed E-state index contributed by atoms with van der Waals surface area (Å²) in [6.45, 7) is -0.562. The second-order valence-electron chi connectivity index (χ2n) is 8.24. The number of fused-ring (bicyclic) bond motifs is 2. The summed E-state index contributed by atoms with van der Waals surface area (Å²) < 4.78 is 31.8. The molecule has 3 heterocycles. The molecule has 0 aromatic heterocycles. The van der Waals surface area contributed by atoms with Crippen LogP contribution in [0.3, 0.4) is 0 Å². The summed E-state index contributed by atoms with van der Waals surface area (Å²) in [5, 5.41) is 2.99. The SMILES string of the molecule is N[C@H]1CN(C(=O)CF)CC[C@H]2CC[C@@H](C(=O)N[C@@H]3CCOc4cc(F)ccc43)N2C1=O. The maximum absolute atomic E-state index is 13.5. The molecule has 1 aromatic carbocycles. The van der Waals surface area contributed by atoms with Crippen LogP contribution in [-0.2, 0) is 14.4 Å². The lowest BCUT2D eigenvalue weighted by Gasteiger charge is -2.37. The maximum Gasteiger partial charge on any atom is 0.254 e. The summed E-state index contributed by atoms with van der Waals surface area (Å²) in [4.78, 5) is 40.7. The van der Waals surface area contributed by atoms with E-state index in [0.717, 1.165) is 0 Å². The van der Waals surface area contributed by atoms with Gasteiger partial charge in [0.15, 0.2) is 6.67 Å². The molecule has 0 unspecified atom stereocenters. The highest BCUT2D eigenvalue weighted by Gasteiger charge is 2.44.